The molecule has 0 radical (unpaired) electrons. The van der Waals surface area contributed by atoms with Gasteiger partial charge in [-0.25, -0.2) is 9.97 Å². The van der Waals surface area contributed by atoms with Gasteiger partial charge in [-0.15, -0.1) is 11.3 Å². The van der Waals surface area contributed by atoms with Crippen molar-refractivity contribution in [1.82, 2.24) is 9.97 Å². The molecule has 0 bridgehead atoms. The molecule has 0 aliphatic heterocycles. The van der Waals surface area contributed by atoms with E-state index in [-0.39, 0.29) is 11.7 Å². The highest BCUT2D eigenvalue weighted by atomic mass is 32.1. The zero-order chi connectivity index (χ0) is 11.5. The molecule has 0 aliphatic rings. The van der Waals surface area contributed by atoms with Gasteiger partial charge >= 0.3 is 0 Å². The Bertz CT molecular complexity index is 491. The minimum atomic E-state index is 0.0403. The molecule has 16 heavy (non-hydrogen) atoms. The molecule has 0 saturated heterocycles. The number of Topliss-reactive ketones (excluding diaryl/α,β-unsaturated/α-hetero) is 1. The molecule has 2 aromatic rings. The van der Waals surface area contributed by atoms with Crippen molar-refractivity contribution in [3.63, 3.8) is 0 Å². The van der Waals surface area contributed by atoms with E-state index in [0.717, 1.165) is 15.3 Å². The molecule has 4 heteroatoms. The maximum atomic E-state index is 11.8. The summed E-state index contributed by atoms with van der Waals surface area (Å²) < 4.78 is 0. The molecule has 0 N–H and O–H groups in total. The average Bonchev–Trinajstić information content (AvgIpc) is 2.78. The van der Waals surface area contributed by atoms with Crippen molar-refractivity contribution in [2.75, 3.05) is 0 Å². The topological polar surface area (TPSA) is 42.9 Å². The van der Waals surface area contributed by atoms with Crippen LogP contribution < -0.4 is 0 Å². The first kappa shape index (κ1) is 11.0. The molecule has 0 aromatic carbocycles. The first-order chi connectivity index (χ1) is 7.68. The van der Waals surface area contributed by atoms with E-state index in [1.807, 2.05) is 26.0 Å². The van der Waals surface area contributed by atoms with Gasteiger partial charge in [0.1, 0.15) is 6.33 Å². The van der Waals surface area contributed by atoms with E-state index < -0.39 is 0 Å². The Balaban J connectivity index is 2.30. The summed E-state index contributed by atoms with van der Waals surface area (Å²) in [4.78, 5) is 21.5. The van der Waals surface area contributed by atoms with Gasteiger partial charge < -0.3 is 0 Å². The van der Waals surface area contributed by atoms with Crippen LogP contribution in [0.4, 0.5) is 0 Å². The van der Waals surface area contributed by atoms with Gasteiger partial charge in [-0.1, -0.05) is 13.8 Å². The zero-order valence-electron chi connectivity index (χ0n) is 9.18. The van der Waals surface area contributed by atoms with Crippen LogP contribution in [-0.4, -0.2) is 15.8 Å². The molecule has 0 fully saturated rings. The predicted octanol–water partition coefficient (Wildman–Crippen LogP) is 3.04. The fraction of sp³-hybridized carbons (Fsp3) is 0.250. The maximum Gasteiger partial charge on any atom is 0.175 e. The monoisotopic (exact) mass is 232 g/mol. The molecule has 2 rings (SSSR count). The number of hydrogen-bond donors (Lipinski definition) is 0. The summed E-state index contributed by atoms with van der Waals surface area (Å²) in [6, 6.07) is 3.81. The van der Waals surface area contributed by atoms with E-state index in [9.17, 15) is 4.79 Å². The molecule has 0 atom stereocenters. The van der Waals surface area contributed by atoms with Gasteiger partial charge in [0.05, 0.1) is 4.88 Å². The Kier molecular flexibility index (Phi) is 3.10. The fourth-order valence-corrected chi connectivity index (χ4v) is 2.40. The van der Waals surface area contributed by atoms with Gasteiger partial charge in [0.2, 0.25) is 0 Å². The Morgan fingerprint density at radius 1 is 1.25 bits per heavy atom. The lowest BCUT2D eigenvalue weighted by molar-refractivity contribution is 0.0943. The summed E-state index contributed by atoms with van der Waals surface area (Å²) >= 11 is 1.49. The van der Waals surface area contributed by atoms with Gasteiger partial charge in [-0.05, 0) is 12.1 Å². The Morgan fingerprint density at radius 3 is 2.56 bits per heavy atom. The summed E-state index contributed by atoms with van der Waals surface area (Å²) in [6.45, 7) is 3.82. The van der Waals surface area contributed by atoms with Crippen LogP contribution >= 0.6 is 11.3 Å². The molecular formula is C12H12N2OS. The first-order valence-electron chi connectivity index (χ1n) is 5.08. The number of hydrogen-bond acceptors (Lipinski definition) is 4. The highest BCUT2D eigenvalue weighted by Crippen LogP contribution is 2.28. The van der Waals surface area contributed by atoms with Crippen molar-refractivity contribution in [3.8, 4) is 10.4 Å². The van der Waals surface area contributed by atoms with Gasteiger partial charge in [0, 0.05) is 28.8 Å². The summed E-state index contributed by atoms with van der Waals surface area (Å²) in [5, 5.41) is 0. The van der Waals surface area contributed by atoms with Crippen molar-refractivity contribution in [2.45, 2.75) is 13.8 Å². The van der Waals surface area contributed by atoms with Gasteiger partial charge in [0.25, 0.3) is 0 Å². The van der Waals surface area contributed by atoms with Crippen LogP contribution in [0, 0.1) is 5.92 Å². The molecule has 2 aromatic heterocycles. The number of carbonyl (C=O) groups is 1. The van der Waals surface area contributed by atoms with Gasteiger partial charge in [0.15, 0.2) is 5.78 Å². The van der Waals surface area contributed by atoms with Crippen LogP contribution in [0.25, 0.3) is 10.4 Å². The predicted molar refractivity (Wildman–Crippen MR) is 64.5 cm³/mol. The largest absolute Gasteiger partial charge is 0.293 e. The molecule has 82 valence electrons. The van der Waals surface area contributed by atoms with Crippen molar-refractivity contribution >= 4 is 17.1 Å². The minimum Gasteiger partial charge on any atom is -0.293 e. The molecule has 2 heterocycles. The van der Waals surface area contributed by atoms with E-state index in [0.29, 0.717) is 0 Å². The van der Waals surface area contributed by atoms with Crippen molar-refractivity contribution in [2.24, 2.45) is 5.92 Å². The standard InChI is InChI=1S/C12H12N2OS/c1-8(2)12(15)11-4-3-10(16-11)9-5-13-7-14-6-9/h3-8H,1-2H3. The minimum absolute atomic E-state index is 0.0403. The lowest BCUT2D eigenvalue weighted by atomic mass is 10.1. The van der Waals surface area contributed by atoms with Crippen LogP contribution in [-0.2, 0) is 0 Å². The first-order valence-corrected chi connectivity index (χ1v) is 5.89. The Hall–Kier alpha value is -1.55. The fourth-order valence-electron chi connectivity index (χ4n) is 1.34. The quantitative estimate of drug-likeness (QED) is 0.764. The smallest absolute Gasteiger partial charge is 0.175 e. The molecule has 0 unspecified atom stereocenters. The Morgan fingerprint density at radius 2 is 1.94 bits per heavy atom. The highest BCUT2D eigenvalue weighted by molar-refractivity contribution is 7.17. The highest BCUT2D eigenvalue weighted by Gasteiger charge is 2.13. The Labute approximate surface area is 98.2 Å². The van der Waals surface area contributed by atoms with E-state index in [1.165, 1.54) is 17.7 Å². The number of rotatable bonds is 3. The van der Waals surface area contributed by atoms with Gasteiger partial charge in [-0.3, -0.25) is 4.79 Å². The second-order valence-electron chi connectivity index (χ2n) is 3.81. The number of thiophene rings is 1. The number of nitrogens with zero attached hydrogens (tertiary/aromatic N) is 2. The molecule has 0 aliphatic carbocycles. The van der Waals surface area contributed by atoms with Gasteiger partial charge in [-0.2, -0.15) is 0 Å². The molecule has 0 saturated carbocycles. The van der Waals surface area contributed by atoms with Crippen LogP contribution in [0.1, 0.15) is 23.5 Å². The summed E-state index contributed by atoms with van der Waals surface area (Å²) in [7, 11) is 0. The second kappa shape index (κ2) is 4.53. The van der Waals surface area contributed by atoms with Crippen LogP contribution in [0.2, 0.25) is 0 Å². The number of carbonyl (C=O) groups excluding carboxylic acids is 1. The second-order valence-corrected chi connectivity index (χ2v) is 4.89. The van der Waals surface area contributed by atoms with Crippen LogP contribution in [0.15, 0.2) is 30.9 Å². The van der Waals surface area contributed by atoms with Crippen molar-refractivity contribution in [3.05, 3.63) is 35.7 Å². The summed E-state index contributed by atoms with van der Waals surface area (Å²) in [5.74, 6) is 0.228. The van der Waals surface area contributed by atoms with Crippen LogP contribution in [0.5, 0.6) is 0 Å². The van der Waals surface area contributed by atoms with Crippen molar-refractivity contribution in [1.29, 1.82) is 0 Å². The van der Waals surface area contributed by atoms with E-state index in [4.69, 9.17) is 0 Å². The average molecular weight is 232 g/mol. The number of ketones is 1. The molecular weight excluding hydrogens is 220 g/mol. The third kappa shape index (κ3) is 2.17. The zero-order valence-corrected chi connectivity index (χ0v) is 9.99. The normalized spacial score (nSPS) is 10.7. The summed E-state index contributed by atoms with van der Waals surface area (Å²) in [5.41, 5.74) is 0.954. The third-order valence-corrected chi connectivity index (χ3v) is 3.37. The molecule has 3 nitrogen and oxygen atoms in total. The lowest BCUT2D eigenvalue weighted by Crippen LogP contribution is -2.04. The molecule has 0 amide bonds. The SMILES string of the molecule is CC(C)C(=O)c1ccc(-c2cncnc2)s1. The third-order valence-electron chi connectivity index (χ3n) is 2.22. The van der Waals surface area contributed by atoms with Crippen molar-refractivity contribution < 1.29 is 4.79 Å². The number of aromatic nitrogens is 2. The maximum absolute atomic E-state index is 11.8. The van der Waals surface area contributed by atoms with E-state index >= 15 is 0 Å². The molecule has 0 spiro atoms. The lowest BCUT2D eigenvalue weighted by Gasteiger charge is -1.99. The summed E-state index contributed by atoms with van der Waals surface area (Å²) in [6.07, 6.45) is 5.00. The van der Waals surface area contributed by atoms with Crippen LogP contribution in [0.3, 0.4) is 0 Å². The van der Waals surface area contributed by atoms with E-state index in [2.05, 4.69) is 9.97 Å². The van der Waals surface area contributed by atoms with E-state index in [1.54, 1.807) is 12.4 Å².